The molecule has 2 aromatic rings. The van der Waals surface area contributed by atoms with Gasteiger partial charge in [0.15, 0.2) is 0 Å². The van der Waals surface area contributed by atoms with Gasteiger partial charge in [-0.2, -0.15) is 0 Å². The van der Waals surface area contributed by atoms with E-state index in [9.17, 15) is 14.7 Å². The maximum absolute atomic E-state index is 13.1. The maximum atomic E-state index is 13.1. The van der Waals surface area contributed by atoms with Crippen LogP contribution in [0.2, 0.25) is 0 Å². The topological polar surface area (TPSA) is 72.8 Å². The summed E-state index contributed by atoms with van der Waals surface area (Å²) in [6.45, 7) is 3.54. The fraction of sp³-hybridized carbons (Fsp3) is 0.333. The summed E-state index contributed by atoms with van der Waals surface area (Å²) in [5.41, 5.74) is -0.611. The summed E-state index contributed by atoms with van der Waals surface area (Å²) in [7, 11) is 0. The van der Waals surface area contributed by atoms with Gasteiger partial charge >= 0.3 is 11.9 Å². The van der Waals surface area contributed by atoms with E-state index in [1.54, 1.807) is 26.0 Å². The molecule has 1 N–H and O–H groups in total. The maximum Gasteiger partial charge on any atom is 0.328 e. The largest absolute Gasteiger partial charge is 0.465 e. The number of ether oxygens (including phenoxy) is 2. The Morgan fingerprint density at radius 1 is 0.963 bits per heavy atom. The van der Waals surface area contributed by atoms with E-state index in [-0.39, 0.29) is 13.2 Å². The van der Waals surface area contributed by atoms with Gasteiger partial charge in [-0.3, -0.25) is 9.59 Å². The minimum absolute atomic E-state index is 0.0977. The Bertz CT molecular complexity index is 802. The Kier molecular flexibility index (Phi) is 5.87. The van der Waals surface area contributed by atoms with Crippen LogP contribution in [0.4, 0.5) is 0 Å². The lowest BCUT2D eigenvalue weighted by Gasteiger charge is -2.43. The third kappa shape index (κ3) is 3.24. The highest BCUT2D eigenvalue weighted by Crippen LogP contribution is 2.60. The van der Waals surface area contributed by atoms with Gasteiger partial charge in [0.05, 0.1) is 18.5 Å². The number of benzene rings is 2. The second kappa shape index (κ2) is 8.15. The molecule has 2 unspecified atom stereocenters. The fourth-order valence-corrected chi connectivity index (χ4v) is 4.93. The van der Waals surface area contributed by atoms with Crippen molar-refractivity contribution in [2.24, 2.45) is 5.41 Å². The van der Waals surface area contributed by atoms with Crippen LogP contribution in [-0.2, 0) is 19.1 Å². The molecule has 0 saturated heterocycles. The van der Waals surface area contributed by atoms with Gasteiger partial charge in [0.25, 0.3) is 0 Å². The van der Waals surface area contributed by atoms with Crippen molar-refractivity contribution in [3.05, 3.63) is 65.7 Å². The molecule has 6 heteroatoms. The number of aliphatic hydroxyl groups excluding tert-OH is 1. The van der Waals surface area contributed by atoms with E-state index >= 15 is 0 Å². The first-order valence-corrected chi connectivity index (χ1v) is 9.78. The summed E-state index contributed by atoms with van der Waals surface area (Å²) in [5.74, 6) is -1.54. The van der Waals surface area contributed by atoms with Crippen LogP contribution >= 0.6 is 11.8 Å². The Labute approximate surface area is 162 Å². The molecule has 27 heavy (non-hydrogen) atoms. The molecule has 1 heterocycles. The van der Waals surface area contributed by atoms with E-state index in [0.717, 1.165) is 10.5 Å². The van der Waals surface area contributed by atoms with E-state index in [1.165, 1.54) is 11.8 Å². The number of fused-ring (bicyclic) bond motifs is 1. The van der Waals surface area contributed by atoms with E-state index in [2.05, 4.69) is 0 Å². The predicted molar refractivity (Wildman–Crippen MR) is 102 cm³/mol. The zero-order chi connectivity index (χ0) is 19.4. The van der Waals surface area contributed by atoms with Crippen LogP contribution in [0.3, 0.4) is 0 Å². The Morgan fingerprint density at radius 2 is 1.52 bits per heavy atom. The van der Waals surface area contributed by atoms with Crippen LogP contribution < -0.4 is 0 Å². The molecule has 3 rings (SSSR count). The second-order valence-electron chi connectivity index (χ2n) is 6.16. The summed E-state index contributed by atoms with van der Waals surface area (Å²) in [6, 6.07) is 16.4. The molecule has 2 aromatic carbocycles. The number of hydrogen-bond donors (Lipinski definition) is 1. The summed E-state index contributed by atoms with van der Waals surface area (Å²) in [5, 5.41) is 10.6. The number of hydrogen-bond acceptors (Lipinski definition) is 6. The average Bonchev–Trinajstić information content (AvgIpc) is 2.69. The second-order valence-corrected chi connectivity index (χ2v) is 7.31. The van der Waals surface area contributed by atoms with E-state index in [0.29, 0.717) is 5.56 Å². The van der Waals surface area contributed by atoms with Gasteiger partial charge in [0, 0.05) is 4.90 Å². The fourth-order valence-electron chi connectivity index (χ4n) is 3.40. The molecule has 0 bridgehead atoms. The highest BCUT2D eigenvalue weighted by molar-refractivity contribution is 7.99. The van der Waals surface area contributed by atoms with E-state index in [4.69, 9.17) is 9.47 Å². The molecule has 142 valence electrons. The summed E-state index contributed by atoms with van der Waals surface area (Å²) < 4.78 is 10.6. The molecular formula is C21H22O5S. The lowest BCUT2D eigenvalue weighted by molar-refractivity contribution is -0.182. The summed E-state index contributed by atoms with van der Waals surface area (Å²) in [6.07, 6.45) is -1.38. The first-order chi connectivity index (χ1) is 13.1. The molecule has 0 aromatic heterocycles. The molecule has 0 aliphatic carbocycles. The molecule has 1 aliphatic rings. The molecule has 1 aliphatic heterocycles. The third-order valence-electron chi connectivity index (χ3n) is 4.63. The van der Waals surface area contributed by atoms with Crippen molar-refractivity contribution in [1.82, 2.24) is 0 Å². The van der Waals surface area contributed by atoms with Crippen LogP contribution in [0, 0.1) is 5.41 Å². The Balaban J connectivity index is 2.26. The monoisotopic (exact) mass is 386 g/mol. The minimum Gasteiger partial charge on any atom is -0.465 e. The number of esters is 2. The molecule has 0 spiro atoms. The lowest BCUT2D eigenvalue weighted by Crippen LogP contribution is -2.51. The lowest BCUT2D eigenvalue weighted by atomic mass is 9.73. The zero-order valence-corrected chi connectivity index (χ0v) is 16.1. The molecule has 5 nitrogen and oxygen atoms in total. The van der Waals surface area contributed by atoms with Crippen molar-refractivity contribution in [3.63, 3.8) is 0 Å². The van der Waals surface area contributed by atoms with Gasteiger partial charge in [-0.05, 0) is 31.0 Å². The van der Waals surface area contributed by atoms with Crippen LogP contribution in [0.1, 0.15) is 36.3 Å². The molecule has 0 saturated carbocycles. The van der Waals surface area contributed by atoms with Crippen LogP contribution in [-0.4, -0.2) is 30.3 Å². The van der Waals surface area contributed by atoms with Crippen molar-refractivity contribution in [3.8, 4) is 0 Å². The number of carbonyl (C=O) groups is 2. The summed E-state index contributed by atoms with van der Waals surface area (Å²) in [4.78, 5) is 27.1. The zero-order valence-electron chi connectivity index (χ0n) is 15.3. The molecule has 2 atom stereocenters. The van der Waals surface area contributed by atoms with Crippen LogP contribution in [0.15, 0.2) is 59.5 Å². The van der Waals surface area contributed by atoms with Crippen molar-refractivity contribution < 1.29 is 24.2 Å². The average molecular weight is 386 g/mol. The van der Waals surface area contributed by atoms with Crippen molar-refractivity contribution in [2.45, 2.75) is 30.1 Å². The molecule has 0 fully saturated rings. The van der Waals surface area contributed by atoms with E-state index in [1.807, 2.05) is 42.5 Å². The number of aliphatic hydroxyl groups is 1. The number of rotatable bonds is 5. The van der Waals surface area contributed by atoms with Gasteiger partial charge in [-0.1, -0.05) is 48.5 Å². The minimum atomic E-state index is -1.88. The van der Waals surface area contributed by atoms with Gasteiger partial charge in [0.2, 0.25) is 5.41 Å². The highest BCUT2D eigenvalue weighted by atomic mass is 32.2. The SMILES string of the molecule is CCOC(=O)C1(C(=O)OCC)C(O)c2ccccc2SC1c1ccccc1. The quantitative estimate of drug-likeness (QED) is 0.624. The van der Waals surface area contributed by atoms with Crippen molar-refractivity contribution in [2.75, 3.05) is 13.2 Å². The van der Waals surface area contributed by atoms with Gasteiger partial charge in [0.1, 0.15) is 6.10 Å². The van der Waals surface area contributed by atoms with E-state index < -0.39 is 28.7 Å². The van der Waals surface area contributed by atoms with Crippen LogP contribution in [0.5, 0.6) is 0 Å². The van der Waals surface area contributed by atoms with Crippen molar-refractivity contribution in [1.29, 1.82) is 0 Å². The normalized spacial score (nSPS) is 20.4. The highest BCUT2D eigenvalue weighted by Gasteiger charge is 2.63. The van der Waals surface area contributed by atoms with Gasteiger partial charge < -0.3 is 14.6 Å². The third-order valence-corrected chi connectivity index (χ3v) is 6.14. The standard InChI is InChI=1S/C21H22O5S/c1-3-25-19(23)21(20(24)26-4-2)17(22)15-12-8-9-13-16(15)27-18(21)14-10-6-5-7-11-14/h5-13,17-18,22H,3-4H2,1-2H3. The first kappa shape index (κ1) is 19.5. The summed E-state index contributed by atoms with van der Waals surface area (Å²) >= 11 is 1.37. The molecule has 0 radical (unpaired) electrons. The van der Waals surface area contributed by atoms with Gasteiger partial charge in [-0.25, -0.2) is 0 Å². The molecular weight excluding hydrogens is 364 g/mol. The smallest absolute Gasteiger partial charge is 0.328 e. The van der Waals surface area contributed by atoms with Crippen LogP contribution in [0.25, 0.3) is 0 Å². The Hall–Kier alpha value is -2.31. The Morgan fingerprint density at radius 3 is 2.11 bits per heavy atom. The molecule has 0 amide bonds. The van der Waals surface area contributed by atoms with Gasteiger partial charge in [-0.15, -0.1) is 11.8 Å². The number of thioether (sulfide) groups is 1. The number of carbonyl (C=O) groups excluding carboxylic acids is 2. The first-order valence-electron chi connectivity index (χ1n) is 8.90. The predicted octanol–water partition coefficient (Wildman–Crippen LogP) is 3.68. The van der Waals surface area contributed by atoms with Crippen molar-refractivity contribution >= 4 is 23.7 Å².